The Hall–Kier alpha value is -2.18. The minimum Gasteiger partial charge on any atom is -0.368 e. The highest BCUT2D eigenvalue weighted by Crippen LogP contribution is 2.01. The summed E-state index contributed by atoms with van der Waals surface area (Å²) in [5.74, 6) is -0.151. The summed E-state index contributed by atoms with van der Waals surface area (Å²) < 4.78 is 0. The van der Waals surface area contributed by atoms with Crippen LogP contribution in [-0.4, -0.2) is 34.6 Å². The smallest absolute Gasteiger partial charge is 0.269 e. The molecule has 1 aromatic heterocycles. The summed E-state index contributed by atoms with van der Waals surface area (Å²) in [6.45, 7) is 4.25. The van der Waals surface area contributed by atoms with Crippen LogP contribution in [-0.2, 0) is 4.79 Å². The maximum absolute atomic E-state index is 11.3. The van der Waals surface area contributed by atoms with E-state index >= 15 is 0 Å². The van der Waals surface area contributed by atoms with Crippen LogP contribution in [0.15, 0.2) is 12.1 Å². The lowest BCUT2D eigenvalue weighted by atomic mass is 10.3. The molecule has 18 heavy (non-hydrogen) atoms. The van der Waals surface area contributed by atoms with Crippen molar-refractivity contribution in [1.82, 2.24) is 15.5 Å². The van der Waals surface area contributed by atoms with E-state index in [4.69, 9.17) is 5.73 Å². The highest BCUT2D eigenvalue weighted by Gasteiger charge is 2.04. The predicted molar refractivity (Wildman–Crippen MR) is 66.9 cm³/mol. The lowest BCUT2D eigenvalue weighted by Gasteiger charge is -2.08. The zero-order chi connectivity index (χ0) is 13.5. The van der Waals surface area contributed by atoms with E-state index in [0.29, 0.717) is 18.8 Å². The van der Waals surface area contributed by atoms with E-state index in [2.05, 4.69) is 20.8 Å². The molecule has 4 N–H and O–H groups in total. The Bertz CT molecular complexity index is 416. The van der Waals surface area contributed by atoms with Crippen molar-refractivity contribution >= 4 is 17.6 Å². The summed E-state index contributed by atoms with van der Waals surface area (Å²) in [5.41, 5.74) is 5.14. The topological polar surface area (TPSA) is 110 Å². The Morgan fingerprint density at radius 1 is 1.33 bits per heavy atom. The van der Waals surface area contributed by atoms with Crippen LogP contribution in [0.1, 0.15) is 30.8 Å². The molecule has 0 radical (unpaired) electrons. The third-order valence-electron chi connectivity index (χ3n) is 2.02. The second-order valence-corrected chi connectivity index (χ2v) is 4.07. The first-order chi connectivity index (χ1) is 8.49. The average Bonchev–Trinajstić information content (AvgIpc) is 2.28. The molecule has 0 aliphatic carbocycles. The summed E-state index contributed by atoms with van der Waals surface area (Å²) in [4.78, 5) is 22.1. The molecule has 0 unspecified atom stereocenters. The highest BCUT2D eigenvalue weighted by atomic mass is 16.2. The third kappa shape index (κ3) is 4.77. The number of carbonyl (C=O) groups excluding carboxylic acids is 2. The quantitative estimate of drug-likeness (QED) is 0.654. The van der Waals surface area contributed by atoms with Gasteiger partial charge in [0.05, 0.1) is 0 Å². The monoisotopic (exact) mass is 251 g/mol. The highest BCUT2D eigenvalue weighted by molar-refractivity contribution is 5.90. The Morgan fingerprint density at radius 2 is 2.06 bits per heavy atom. The SMILES string of the molecule is CC(C)NC(=O)CCNc1ccc(C(N)=O)nn1. The van der Waals surface area contributed by atoms with E-state index in [1.54, 1.807) is 6.07 Å². The van der Waals surface area contributed by atoms with Gasteiger partial charge in [-0.25, -0.2) is 0 Å². The van der Waals surface area contributed by atoms with Crippen molar-refractivity contribution in [2.45, 2.75) is 26.3 Å². The van der Waals surface area contributed by atoms with Crippen molar-refractivity contribution < 1.29 is 9.59 Å². The van der Waals surface area contributed by atoms with E-state index in [0.717, 1.165) is 0 Å². The summed E-state index contributed by atoms with van der Waals surface area (Å²) in [7, 11) is 0. The van der Waals surface area contributed by atoms with Gasteiger partial charge in [-0.05, 0) is 26.0 Å². The van der Waals surface area contributed by atoms with Crippen LogP contribution in [0.2, 0.25) is 0 Å². The minimum atomic E-state index is -0.620. The molecule has 0 saturated heterocycles. The molecule has 0 saturated carbocycles. The zero-order valence-corrected chi connectivity index (χ0v) is 10.4. The van der Waals surface area contributed by atoms with Gasteiger partial charge in [-0.3, -0.25) is 9.59 Å². The third-order valence-corrected chi connectivity index (χ3v) is 2.02. The Kier molecular flexibility index (Phi) is 5.04. The summed E-state index contributed by atoms with van der Waals surface area (Å²) in [5, 5.41) is 13.1. The van der Waals surface area contributed by atoms with Gasteiger partial charge in [0, 0.05) is 19.0 Å². The van der Waals surface area contributed by atoms with Crippen molar-refractivity contribution in [1.29, 1.82) is 0 Å². The van der Waals surface area contributed by atoms with Crippen molar-refractivity contribution in [2.24, 2.45) is 5.73 Å². The summed E-state index contributed by atoms with van der Waals surface area (Å²) >= 11 is 0. The van der Waals surface area contributed by atoms with E-state index in [-0.39, 0.29) is 17.6 Å². The van der Waals surface area contributed by atoms with Crippen molar-refractivity contribution in [3.8, 4) is 0 Å². The van der Waals surface area contributed by atoms with Crippen LogP contribution in [0, 0.1) is 0 Å². The van der Waals surface area contributed by atoms with Gasteiger partial charge >= 0.3 is 0 Å². The molecule has 0 spiro atoms. The van der Waals surface area contributed by atoms with Gasteiger partial charge in [-0.15, -0.1) is 10.2 Å². The molecule has 2 amide bonds. The van der Waals surface area contributed by atoms with Crippen LogP contribution in [0.5, 0.6) is 0 Å². The van der Waals surface area contributed by atoms with E-state index in [1.165, 1.54) is 6.07 Å². The lowest BCUT2D eigenvalue weighted by Crippen LogP contribution is -2.31. The number of aromatic nitrogens is 2. The molecule has 0 fully saturated rings. The molecule has 0 aliphatic heterocycles. The van der Waals surface area contributed by atoms with Gasteiger partial charge in [0.2, 0.25) is 5.91 Å². The number of nitrogens with one attached hydrogen (secondary N) is 2. The van der Waals surface area contributed by atoms with E-state index in [9.17, 15) is 9.59 Å². The molecule has 98 valence electrons. The molecule has 0 atom stereocenters. The van der Waals surface area contributed by atoms with Gasteiger partial charge in [0.15, 0.2) is 5.69 Å². The van der Waals surface area contributed by atoms with Crippen LogP contribution in [0.3, 0.4) is 0 Å². The number of amides is 2. The molecular formula is C11H17N5O2. The predicted octanol–water partition coefficient (Wildman–Crippen LogP) is -0.0979. The molecular weight excluding hydrogens is 234 g/mol. The number of hydrogen-bond donors (Lipinski definition) is 3. The fourth-order valence-corrected chi connectivity index (χ4v) is 1.26. The number of carbonyl (C=O) groups is 2. The first-order valence-electron chi connectivity index (χ1n) is 5.66. The first kappa shape index (κ1) is 13.9. The number of anilines is 1. The summed E-state index contributed by atoms with van der Waals surface area (Å²) in [6.07, 6.45) is 0.345. The van der Waals surface area contributed by atoms with E-state index in [1.807, 2.05) is 13.8 Å². The largest absolute Gasteiger partial charge is 0.368 e. The molecule has 0 aliphatic rings. The summed E-state index contributed by atoms with van der Waals surface area (Å²) in [6, 6.07) is 3.20. The number of nitrogens with zero attached hydrogens (tertiary/aromatic N) is 2. The standard InChI is InChI=1S/C11H17N5O2/c1-7(2)14-10(17)5-6-13-9-4-3-8(11(12)18)15-16-9/h3-4,7H,5-6H2,1-2H3,(H2,12,18)(H,13,16)(H,14,17). The molecule has 0 aromatic carbocycles. The number of nitrogens with two attached hydrogens (primary N) is 1. The molecule has 7 nitrogen and oxygen atoms in total. The minimum absolute atomic E-state index is 0.0285. The molecule has 1 heterocycles. The van der Waals surface area contributed by atoms with Crippen LogP contribution >= 0.6 is 0 Å². The van der Waals surface area contributed by atoms with Gasteiger partial charge in [-0.1, -0.05) is 0 Å². The number of hydrogen-bond acceptors (Lipinski definition) is 5. The van der Waals surface area contributed by atoms with Crippen LogP contribution in [0.25, 0.3) is 0 Å². The van der Waals surface area contributed by atoms with Gasteiger partial charge in [-0.2, -0.15) is 0 Å². The zero-order valence-electron chi connectivity index (χ0n) is 10.4. The average molecular weight is 251 g/mol. The van der Waals surface area contributed by atoms with Crippen molar-refractivity contribution in [3.05, 3.63) is 17.8 Å². The maximum atomic E-state index is 11.3. The molecule has 1 aromatic rings. The van der Waals surface area contributed by atoms with Crippen molar-refractivity contribution in [2.75, 3.05) is 11.9 Å². The normalized spacial score (nSPS) is 10.2. The van der Waals surface area contributed by atoms with Gasteiger partial charge in [0.25, 0.3) is 5.91 Å². The fraction of sp³-hybridized carbons (Fsp3) is 0.455. The number of rotatable bonds is 6. The Labute approximate surface area is 105 Å². The van der Waals surface area contributed by atoms with Crippen LogP contribution < -0.4 is 16.4 Å². The fourth-order valence-electron chi connectivity index (χ4n) is 1.26. The maximum Gasteiger partial charge on any atom is 0.269 e. The van der Waals surface area contributed by atoms with E-state index < -0.39 is 5.91 Å². The molecule has 0 bridgehead atoms. The van der Waals surface area contributed by atoms with Gasteiger partial charge < -0.3 is 16.4 Å². The van der Waals surface area contributed by atoms with Crippen molar-refractivity contribution in [3.63, 3.8) is 0 Å². The number of primary amides is 1. The lowest BCUT2D eigenvalue weighted by molar-refractivity contribution is -0.121. The molecule has 7 heteroatoms. The van der Waals surface area contributed by atoms with Crippen LogP contribution in [0.4, 0.5) is 5.82 Å². The second kappa shape index (κ2) is 6.53. The first-order valence-corrected chi connectivity index (χ1v) is 5.66. The molecule has 1 rings (SSSR count). The van der Waals surface area contributed by atoms with Gasteiger partial charge in [0.1, 0.15) is 5.82 Å². The Balaban J connectivity index is 2.35. The second-order valence-electron chi connectivity index (χ2n) is 4.07. The Morgan fingerprint density at radius 3 is 2.56 bits per heavy atom.